The molecule has 2 aliphatic rings. The van der Waals surface area contributed by atoms with Gasteiger partial charge in [0, 0.05) is 30.6 Å². The predicted molar refractivity (Wildman–Crippen MR) is 89.7 cm³/mol. The van der Waals surface area contributed by atoms with Crippen molar-refractivity contribution in [1.29, 1.82) is 0 Å². The summed E-state index contributed by atoms with van der Waals surface area (Å²) in [5.74, 6) is 0.274. The number of nitrogens with one attached hydrogen (secondary N) is 1. The lowest BCUT2D eigenvalue weighted by Crippen LogP contribution is -2.42. The Morgan fingerprint density at radius 3 is 2.52 bits per heavy atom. The number of amides is 1. The van der Waals surface area contributed by atoms with Gasteiger partial charge in [-0.15, -0.1) is 0 Å². The zero-order valence-corrected chi connectivity index (χ0v) is 13.5. The molecule has 1 saturated carbocycles. The van der Waals surface area contributed by atoms with Crippen molar-refractivity contribution in [2.24, 2.45) is 0 Å². The first-order valence-corrected chi connectivity index (χ1v) is 9.14. The van der Waals surface area contributed by atoms with E-state index in [4.69, 9.17) is 0 Å². The van der Waals surface area contributed by atoms with Crippen LogP contribution in [0.15, 0.2) is 24.3 Å². The first-order valence-electron chi connectivity index (χ1n) is 7.92. The van der Waals surface area contributed by atoms with Crippen molar-refractivity contribution >= 4 is 23.5 Å². The first-order chi connectivity index (χ1) is 10.2. The molecular weight excluding hydrogens is 280 g/mol. The Morgan fingerprint density at radius 1 is 1.19 bits per heavy atom. The van der Waals surface area contributed by atoms with E-state index in [-0.39, 0.29) is 5.91 Å². The molecule has 1 amide bonds. The van der Waals surface area contributed by atoms with E-state index in [1.165, 1.54) is 24.8 Å². The van der Waals surface area contributed by atoms with E-state index in [9.17, 15) is 4.79 Å². The van der Waals surface area contributed by atoms with Gasteiger partial charge in [0.15, 0.2) is 0 Å². The van der Waals surface area contributed by atoms with Gasteiger partial charge >= 0.3 is 0 Å². The number of rotatable bonds is 5. The molecule has 0 bridgehead atoms. The van der Waals surface area contributed by atoms with Gasteiger partial charge in [0.1, 0.15) is 0 Å². The highest BCUT2D eigenvalue weighted by Gasteiger charge is 2.38. The van der Waals surface area contributed by atoms with Crippen molar-refractivity contribution in [2.45, 2.75) is 43.9 Å². The fourth-order valence-corrected chi connectivity index (χ4v) is 3.88. The topological polar surface area (TPSA) is 32.3 Å². The highest BCUT2D eigenvalue weighted by molar-refractivity contribution is 7.96. The van der Waals surface area contributed by atoms with Crippen LogP contribution in [0.5, 0.6) is 0 Å². The molecule has 0 radical (unpaired) electrons. The Morgan fingerprint density at radius 2 is 1.95 bits per heavy atom. The van der Waals surface area contributed by atoms with E-state index in [2.05, 4.69) is 35.2 Å². The number of piperidine rings is 1. The lowest BCUT2D eigenvalue weighted by molar-refractivity contribution is -0.119. The molecular formula is C17H24N2OS. The van der Waals surface area contributed by atoms with Gasteiger partial charge in [-0.3, -0.25) is 9.52 Å². The van der Waals surface area contributed by atoms with Crippen LogP contribution in [0.1, 0.15) is 44.1 Å². The van der Waals surface area contributed by atoms with Crippen molar-refractivity contribution in [1.82, 2.24) is 4.72 Å². The Balaban J connectivity index is 1.75. The summed E-state index contributed by atoms with van der Waals surface area (Å²) in [6.07, 6.45) is 8.79. The number of anilines is 1. The molecule has 1 aliphatic heterocycles. The van der Waals surface area contributed by atoms with Gasteiger partial charge in [-0.1, -0.05) is 30.5 Å². The summed E-state index contributed by atoms with van der Waals surface area (Å²) in [5.41, 5.74) is 2.80. The standard InChI is InChI=1S/C17H24N2OS/c1-21-18-13-17(10-4-11-17)14-6-8-15(9-7-14)19-12-3-2-5-16(19)20/h6-9,18H,2-5,10-13H2,1H3. The lowest BCUT2D eigenvalue weighted by Gasteiger charge is -2.42. The van der Waals surface area contributed by atoms with Crippen molar-refractivity contribution in [3.8, 4) is 0 Å². The van der Waals surface area contributed by atoms with Gasteiger partial charge in [-0.2, -0.15) is 0 Å². The summed E-state index contributed by atoms with van der Waals surface area (Å²) in [6.45, 7) is 1.91. The van der Waals surface area contributed by atoms with E-state index in [1.807, 2.05) is 4.90 Å². The lowest BCUT2D eigenvalue weighted by atomic mass is 9.64. The largest absolute Gasteiger partial charge is 0.312 e. The van der Waals surface area contributed by atoms with Gasteiger partial charge < -0.3 is 4.90 Å². The van der Waals surface area contributed by atoms with Gasteiger partial charge in [-0.25, -0.2) is 0 Å². The molecule has 21 heavy (non-hydrogen) atoms. The Labute approximate surface area is 131 Å². The second-order valence-corrected chi connectivity index (χ2v) is 6.91. The van der Waals surface area contributed by atoms with E-state index in [0.717, 1.165) is 31.6 Å². The summed E-state index contributed by atoms with van der Waals surface area (Å²) in [7, 11) is 0. The Kier molecular flexibility index (Phi) is 4.55. The van der Waals surface area contributed by atoms with Crippen LogP contribution in [-0.4, -0.2) is 25.3 Å². The Hall–Kier alpha value is -1.00. The minimum absolute atomic E-state index is 0.274. The van der Waals surface area contributed by atoms with E-state index < -0.39 is 0 Å². The molecule has 1 heterocycles. The number of benzene rings is 1. The maximum Gasteiger partial charge on any atom is 0.226 e. The molecule has 0 spiro atoms. The number of carbonyl (C=O) groups excluding carboxylic acids is 1. The minimum atomic E-state index is 0.274. The monoisotopic (exact) mass is 304 g/mol. The molecule has 114 valence electrons. The summed E-state index contributed by atoms with van der Waals surface area (Å²) >= 11 is 1.70. The quantitative estimate of drug-likeness (QED) is 0.845. The van der Waals surface area contributed by atoms with Crippen LogP contribution in [0.4, 0.5) is 5.69 Å². The van der Waals surface area contributed by atoms with Crippen LogP contribution in [0.25, 0.3) is 0 Å². The van der Waals surface area contributed by atoms with Gasteiger partial charge in [0.25, 0.3) is 0 Å². The normalized spacial score (nSPS) is 21.2. The number of nitrogens with zero attached hydrogens (tertiary/aromatic N) is 1. The molecule has 1 aromatic rings. The summed E-state index contributed by atoms with van der Waals surface area (Å²) in [6, 6.07) is 8.74. The molecule has 0 aromatic heterocycles. The van der Waals surface area contributed by atoms with Crippen LogP contribution in [-0.2, 0) is 10.2 Å². The Bertz CT molecular complexity index is 496. The minimum Gasteiger partial charge on any atom is -0.312 e. The van der Waals surface area contributed by atoms with Crippen LogP contribution in [0.3, 0.4) is 0 Å². The molecule has 4 heteroatoms. The van der Waals surface area contributed by atoms with Crippen LogP contribution in [0.2, 0.25) is 0 Å². The van der Waals surface area contributed by atoms with Crippen molar-refractivity contribution in [2.75, 3.05) is 24.2 Å². The zero-order valence-electron chi connectivity index (χ0n) is 12.7. The maximum atomic E-state index is 12.0. The van der Waals surface area contributed by atoms with Gasteiger partial charge in [0.05, 0.1) is 0 Å². The number of carbonyl (C=O) groups is 1. The molecule has 3 rings (SSSR count). The SMILES string of the molecule is CSNCC1(c2ccc(N3CCCCC3=O)cc2)CCC1. The van der Waals surface area contributed by atoms with Crippen LogP contribution < -0.4 is 9.62 Å². The first kappa shape index (κ1) is 14.9. The highest BCUT2D eigenvalue weighted by atomic mass is 32.2. The highest BCUT2D eigenvalue weighted by Crippen LogP contribution is 2.43. The fourth-order valence-electron chi connectivity index (χ4n) is 3.46. The molecule has 1 aliphatic carbocycles. The third-order valence-electron chi connectivity index (χ3n) is 4.98. The average molecular weight is 304 g/mol. The third-order valence-corrected chi connectivity index (χ3v) is 5.41. The van der Waals surface area contributed by atoms with Crippen molar-refractivity contribution in [3.63, 3.8) is 0 Å². The molecule has 1 aromatic carbocycles. The molecule has 1 N–H and O–H groups in total. The summed E-state index contributed by atoms with van der Waals surface area (Å²) in [4.78, 5) is 13.9. The van der Waals surface area contributed by atoms with Gasteiger partial charge in [0.2, 0.25) is 5.91 Å². The second kappa shape index (κ2) is 6.41. The van der Waals surface area contributed by atoms with Crippen LogP contribution >= 0.6 is 11.9 Å². The van der Waals surface area contributed by atoms with Crippen molar-refractivity contribution < 1.29 is 4.79 Å². The fraction of sp³-hybridized carbons (Fsp3) is 0.588. The average Bonchev–Trinajstić information content (AvgIpc) is 2.48. The maximum absolute atomic E-state index is 12.0. The second-order valence-electron chi connectivity index (χ2n) is 6.21. The smallest absolute Gasteiger partial charge is 0.226 e. The van der Waals surface area contributed by atoms with E-state index in [1.54, 1.807) is 11.9 Å². The molecule has 0 unspecified atom stereocenters. The zero-order chi connectivity index (χ0) is 14.7. The van der Waals surface area contributed by atoms with Crippen molar-refractivity contribution in [3.05, 3.63) is 29.8 Å². The summed E-state index contributed by atoms with van der Waals surface area (Å²) in [5, 5.41) is 0. The van der Waals surface area contributed by atoms with Crippen LogP contribution in [0, 0.1) is 0 Å². The van der Waals surface area contributed by atoms with Gasteiger partial charge in [-0.05, 0) is 49.6 Å². The third kappa shape index (κ3) is 2.97. The number of hydrogen-bond donors (Lipinski definition) is 1. The number of hydrogen-bond acceptors (Lipinski definition) is 3. The molecule has 1 saturated heterocycles. The van der Waals surface area contributed by atoms with E-state index >= 15 is 0 Å². The summed E-state index contributed by atoms with van der Waals surface area (Å²) < 4.78 is 3.43. The predicted octanol–water partition coefficient (Wildman–Crippen LogP) is 3.49. The molecule has 2 fully saturated rings. The molecule has 3 nitrogen and oxygen atoms in total. The molecule has 0 atom stereocenters. The van der Waals surface area contributed by atoms with E-state index in [0.29, 0.717) is 11.8 Å².